The van der Waals surface area contributed by atoms with Crippen molar-refractivity contribution in [3.8, 4) is 0 Å². The molecule has 5 heteroatoms. The van der Waals surface area contributed by atoms with Crippen molar-refractivity contribution in [3.05, 3.63) is 33.3 Å². The molecule has 1 fully saturated rings. The number of carbonyl (C=O) groups is 1. The summed E-state index contributed by atoms with van der Waals surface area (Å²) >= 11 is 9.29. The van der Waals surface area contributed by atoms with Gasteiger partial charge in [0.15, 0.2) is 0 Å². The molecule has 0 bridgehead atoms. The molecule has 0 radical (unpaired) electrons. The maximum absolute atomic E-state index is 12.4. The molecule has 0 saturated carbocycles. The zero-order chi connectivity index (χ0) is 14.0. The highest BCUT2D eigenvalue weighted by molar-refractivity contribution is 9.10. The SMILES string of the molecule is CN1CCC(CN(C)C(=O)c2ccc(Cl)cc2Br)C1. The molecule has 1 saturated heterocycles. The summed E-state index contributed by atoms with van der Waals surface area (Å²) in [5.41, 5.74) is 0.665. The van der Waals surface area contributed by atoms with E-state index in [4.69, 9.17) is 11.6 Å². The average Bonchev–Trinajstić information content (AvgIpc) is 2.74. The van der Waals surface area contributed by atoms with Crippen LogP contribution in [0.15, 0.2) is 22.7 Å². The summed E-state index contributed by atoms with van der Waals surface area (Å²) in [6.07, 6.45) is 1.16. The molecule has 1 heterocycles. The Morgan fingerprint density at radius 1 is 1.58 bits per heavy atom. The smallest absolute Gasteiger partial charge is 0.254 e. The molecule has 0 spiro atoms. The van der Waals surface area contributed by atoms with Crippen molar-refractivity contribution in [1.82, 2.24) is 9.80 Å². The largest absolute Gasteiger partial charge is 0.341 e. The fraction of sp³-hybridized carbons (Fsp3) is 0.500. The molecule has 0 aliphatic carbocycles. The third-order valence-electron chi connectivity index (χ3n) is 3.53. The highest BCUT2D eigenvalue weighted by atomic mass is 79.9. The molecule has 1 aromatic carbocycles. The fourth-order valence-corrected chi connectivity index (χ4v) is 3.37. The molecule has 19 heavy (non-hydrogen) atoms. The maximum Gasteiger partial charge on any atom is 0.254 e. The van der Waals surface area contributed by atoms with Crippen LogP contribution in [0.4, 0.5) is 0 Å². The number of amides is 1. The van der Waals surface area contributed by atoms with Crippen LogP contribution in [0, 0.1) is 5.92 Å². The number of halogens is 2. The van der Waals surface area contributed by atoms with Gasteiger partial charge in [0.1, 0.15) is 0 Å². The van der Waals surface area contributed by atoms with E-state index in [1.807, 2.05) is 7.05 Å². The molecule has 104 valence electrons. The second kappa shape index (κ2) is 6.25. The first-order valence-corrected chi connectivity index (χ1v) is 7.53. The lowest BCUT2D eigenvalue weighted by Gasteiger charge is -2.22. The van der Waals surface area contributed by atoms with Gasteiger partial charge in [-0.25, -0.2) is 0 Å². The molecule has 1 atom stereocenters. The van der Waals surface area contributed by atoms with Gasteiger partial charge in [-0.15, -0.1) is 0 Å². The van der Waals surface area contributed by atoms with Crippen LogP contribution < -0.4 is 0 Å². The predicted octanol–water partition coefficient (Wildman–Crippen LogP) is 3.13. The second-order valence-electron chi connectivity index (χ2n) is 5.23. The number of hydrogen-bond donors (Lipinski definition) is 0. The molecule has 1 aromatic rings. The molecular weight excluding hydrogens is 328 g/mol. The van der Waals surface area contributed by atoms with Gasteiger partial charge < -0.3 is 9.80 Å². The summed E-state index contributed by atoms with van der Waals surface area (Å²) in [5, 5.41) is 0.628. The minimum atomic E-state index is 0.0399. The van der Waals surface area contributed by atoms with E-state index in [0.29, 0.717) is 16.5 Å². The maximum atomic E-state index is 12.4. The summed E-state index contributed by atoms with van der Waals surface area (Å²) in [6, 6.07) is 5.27. The Bertz CT molecular complexity index is 481. The van der Waals surface area contributed by atoms with Crippen LogP contribution in [0.5, 0.6) is 0 Å². The Hall–Kier alpha value is -0.580. The first kappa shape index (κ1) is 14.8. The monoisotopic (exact) mass is 344 g/mol. The highest BCUT2D eigenvalue weighted by Crippen LogP contribution is 2.23. The van der Waals surface area contributed by atoms with Crippen molar-refractivity contribution in [1.29, 1.82) is 0 Å². The van der Waals surface area contributed by atoms with Crippen LogP contribution >= 0.6 is 27.5 Å². The molecule has 1 aliphatic rings. The van der Waals surface area contributed by atoms with Crippen LogP contribution in [0.3, 0.4) is 0 Å². The first-order valence-electron chi connectivity index (χ1n) is 6.36. The van der Waals surface area contributed by atoms with Crippen molar-refractivity contribution >= 4 is 33.4 Å². The van der Waals surface area contributed by atoms with E-state index < -0.39 is 0 Å². The van der Waals surface area contributed by atoms with Crippen LogP contribution in [0.2, 0.25) is 5.02 Å². The van der Waals surface area contributed by atoms with Crippen LogP contribution in [-0.4, -0.2) is 49.4 Å². The summed E-state index contributed by atoms with van der Waals surface area (Å²) in [7, 11) is 3.99. The number of hydrogen-bond acceptors (Lipinski definition) is 2. The highest BCUT2D eigenvalue weighted by Gasteiger charge is 2.23. The van der Waals surface area contributed by atoms with Gasteiger partial charge in [-0.1, -0.05) is 11.6 Å². The number of nitrogens with zero attached hydrogens (tertiary/aromatic N) is 2. The Labute approximate surface area is 127 Å². The Balaban J connectivity index is 2.02. The van der Waals surface area contributed by atoms with Gasteiger partial charge in [0.25, 0.3) is 5.91 Å². The zero-order valence-electron chi connectivity index (χ0n) is 11.2. The van der Waals surface area contributed by atoms with Crippen LogP contribution in [-0.2, 0) is 0 Å². The minimum Gasteiger partial charge on any atom is -0.341 e. The summed E-state index contributed by atoms with van der Waals surface area (Å²) in [6.45, 7) is 3.00. The third-order valence-corrected chi connectivity index (χ3v) is 4.42. The molecular formula is C14H18BrClN2O. The fourth-order valence-electron chi connectivity index (χ4n) is 2.51. The van der Waals surface area contributed by atoms with Gasteiger partial charge in [0, 0.05) is 29.6 Å². The number of rotatable bonds is 3. The third kappa shape index (κ3) is 3.71. The van der Waals surface area contributed by atoms with E-state index in [-0.39, 0.29) is 5.91 Å². The lowest BCUT2D eigenvalue weighted by atomic mass is 10.1. The Kier molecular flexibility index (Phi) is 4.87. The van der Waals surface area contributed by atoms with Crippen molar-refractivity contribution in [2.75, 3.05) is 33.7 Å². The van der Waals surface area contributed by atoms with E-state index >= 15 is 0 Å². The van der Waals surface area contributed by atoms with Crippen molar-refractivity contribution in [3.63, 3.8) is 0 Å². The molecule has 3 nitrogen and oxygen atoms in total. The van der Waals surface area contributed by atoms with E-state index in [9.17, 15) is 4.79 Å². The number of carbonyl (C=O) groups excluding carboxylic acids is 1. The van der Waals surface area contributed by atoms with Crippen molar-refractivity contribution < 1.29 is 4.79 Å². The molecule has 0 aromatic heterocycles. The van der Waals surface area contributed by atoms with Crippen LogP contribution in [0.1, 0.15) is 16.8 Å². The topological polar surface area (TPSA) is 23.6 Å². The molecule has 1 unspecified atom stereocenters. The lowest BCUT2D eigenvalue weighted by Crippen LogP contribution is -2.33. The second-order valence-corrected chi connectivity index (χ2v) is 6.52. The summed E-state index contributed by atoms with van der Waals surface area (Å²) in [5.74, 6) is 0.614. The van der Waals surface area contributed by atoms with Crippen molar-refractivity contribution in [2.45, 2.75) is 6.42 Å². The van der Waals surface area contributed by atoms with Gasteiger partial charge in [-0.2, -0.15) is 0 Å². The van der Waals surface area contributed by atoms with E-state index in [1.165, 1.54) is 0 Å². The summed E-state index contributed by atoms with van der Waals surface area (Å²) < 4.78 is 0.750. The minimum absolute atomic E-state index is 0.0399. The summed E-state index contributed by atoms with van der Waals surface area (Å²) in [4.78, 5) is 16.5. The van der Waals surface area contributed by atoms with E-state index in [1.54, 1.807) is 23.1 Å². The van der Waals surface area contributed by atoms with Gasteiger partial charge in [0.05, 0.1) is 5.56 Å². The van der Waals surface area contributed by atoms with E-state index in [0.717, 1.165) is 30.5 Å². The predicted molar refractivity (Wildman–Crippen MR) is 81.7 cm³/mol. The Morgan fingerprint density at radius 2 is 2.32 bits per heavy atom. The quantitative estimate of drug-likeness (QED) is 0.840. The standard InChI is InChI=1S/C14H18BrClN2O/c1-17-6-5-10(8-17)9-18(2)14(19)12-4-3-11(16)7-13(12)15/h3-4,7,10H,5-6,8-9H2,1-2H3. The van der Waals surface area contributed by atoms with E-state index in [2.05, 4.69) is 27.9 Å². The van der Waals surface area contributed by atoms with Gasteiger partial charge >= 0.3 is 0 Å². The van der Waals surface area contributed by atoms with Gasteiger partial charge in [-0.05, 0) is 60.1 Å². The first-order chi connectivity index (χ1) is 8.97. The Morgan fingerprint density at radius 3 is 2.89 bits per heavy atom. The molecule has 1 amide bonds. The molecule has 0 N–H and O–H groups in total. The number of benzene rings is 1. The molecule has 1 aliphatic heterocycles. The normalized spacial score (nSPS) is 19.7. The molecule has 2 rings (SSSR count). The average molecular weight is 346 g/mol. The number of likely N-dealkylation sites (tertiary alicyclic amines) is 1. The van der Waals surface area contributed by atoms with Gasteiger partial charge in [-0.3, -0.25) is 4.79 Å². The van der Waals surface area contributed by atoms with Crippen molar-refractivity contribution in [2.24, 2.45) is 5.92 Å². The van der Waals surface area contributed by atoms with Gasteiger partial charge in [0.2, 0.25) is 0 Å². The lowest BCUT2D eigenvalue weighted by molar-refractivity contribution is 0.0773. The zero-order valence-corrected chi connectivity index (χ0v) is 13.5. The van der Waals surface area contributed by atoms with Crippen LogP contribution in [0.25, 0.3) is 0 Å².